The quantitative estimate of drug-likeness (QED) is 0.748. The lowest BCUT2D eigenvalue weighted by molar-refractivity contribution is 0.179. The predicted octanol–water partition coefficient (Wildman–Crippen LogP) is 2.93. The largest absolute Gasteiger partial charge is 0.387 e. The van der Waals surface area contributed by atoms with E-state index in [1.54, 1.807) is 13.0 Å². The van der Waals surface area contributed by atoms with E-state index in [4.69, 9.17) is 11.6 Å². The minimum Gasteiger partial charge on any atom is -0.387 e. The summed E-state index contributed by atoms with van der Waals surface area (Å²) in [6, 6.07) is 4.55. The van der Waals surface area contributed by atoms with Crippen molar-refractivity contribution in [3.05, 3.63) is 34.6 Å². The van der Waals surface area contributed by atoms with E-state index in [-0.39, 0.29) is 17.0 Å². The average molecular weight is 213 g/mol. The Morgan fingerprint density at radius 3 is 2.93 bits per heavy atom. The van der Waals surface area contributed by atoms with Gasteiger partial charge in [0.2, 0.25) is 0 Å². The maximum absolute atomic E-state index is 13.3. The van der Waals surface area contributed by atoms with Gasteiger partial charge in [-0.1, -0.05) is 23.7 Å². The Morgan fingerprint density at radius 2 is 2.29 bits per heavy atom. The zero-order valence-electron chi connectivity index (χ0n) is 7.72. The third-order valence-electron chi connectivity index (χ3n) is 1.81. The van der Waals surface area contributed by atoms with Gasteiger partial charge in [0.05, 0.1) is 11.1 Å². The summed E-state index contributed by atoms with van der Waals surface area (Å²) in [6.45, 7) is 1.67. The zero-order valence-corrected chi connectivity index (χ0v) is 8.48. The summed E-state index contributed by atoms with van der Waals surface area (Å²) < 4.78 is 13.3. The van der Waals surface area contributed by atoms with E-state index < -0.39 is 11.9 Å². The minimum atomic E-state index is -0.916. The van der Waals surface area contributed by atoms with Crippen LogP contribution in [0.15, 0.2) is 18.2 Å². The maximum Gasteiger partial charge on any atom is 0.147 e. The van der Waals surface area contributed by atoms with Gasteiger partial charge in [0.25, 0.3) is 0 Å². The molecule has 0 heterocycles. The van der Waals surface area contributed by atoms with Crippen molar-refractivity contribution in [2.75, 3.05) is 0 Å². The van der Waals surface area contributed by atoms with Crippen LogP contribution < -0.4 is 0 Å². The molecule has 1 nitrogen and oxygen atoms in total. The van der Waals surface area contributed by atoms with Gasteiger partial charge in [0, 0.05) is 12.0 Å². The first-order chi connectivity index (χ1) is 6.66. The number of hydrogen-bond acceptors (Lipinski definition) is 1. The second kappa shape index (κ2) is 4.99. The molecule has 0 amide bonds. The lowest BCUT2D eigenvalue weighted by Crippen LogP contribution is -1.99. The first-order valence-electron chi connectivity index (χ1n) is 4.18. The smallest absolute Gasteiger partial charge is 0.147 e. The SMILES string of the molecule is CC#CCC(O)c1cccc(Cl)c1F. The van der Waals surface area contributed by atoms with E-state index in [2.05, 4.69) is 11.8 Å². The van der Waals surface area contributed by atoms with Crippen LogP contribution in [0.4, 0.5) is 4.39 Å². The summed E-state index contributed by atoms with van der Waals surface area (Å²) in [7, 11) is 0. The van der Waals surface area contributed by atoms with Crippen LogP contribution in [-0.2, 0) is 0 Å². The summed E-state index contributed by atoms with van der Waals surface area (Å²) in [4.78, 5) is 0. The Balaban J connectivity index is 2.93. The van der Waals surface area contributed by atoms with Gasteiger partial charge in [0.15, 0.2) is 0 Å². The van der Waals surface area contributed by atoms with Crippen LogP contribution in [0, 0.1) is 17.7 Å². The van der Waals surface area contributed by atoms with Gasteiger partial charge in [-0.05, 0) is 13.0 Å². The molecule has 0 saturated heterocycles. The van der Waals surface area contributed by atoms with E-state index in [1.165, 1.54) is 12.1 Å². The van der Waals surface area contributed by atoms with Gasteiger partial charge in [-0.25, -0.2) is 4.39 Å². The van der Waals surface area contributed by atoms with E-state index in [0.717, 1.165) is 0 Å². The molecule has 0 radical (unpaired) electrons. The van der Waals surface area contributed by atoms with Crippen molar-refractivity contribution in [3.8, 4) is 11.8 Å². The van der Waals surface area contributed by atoms with Crippen molar-refractivity contribution in [2.24, 2.45) is 0 Å². The molecule has 0 fully saturated rings. The molecule has 1 rings (SSSR count). The molecule has 14 heavy (non-hydrogen) atoms. The first kappa shape index (κ1) is 11.0. The Morgan fingerprint density at radius 1 is 1.57 bits per heavy atom. The molecule has 1 aromatic rings. The van der Waals surface area contributed by atoms with Crippen LogP contribution in [0.1, 0.15) is 25.0 Å². The molecule has 0 spiro atoms. The molecule has 0 aliphatic rings. The van der Waals surface area contributed by atoms with E-state index in [1.807, 2.05) is 0 Å². The summed E-state index contributed by atoms with van der Waals surface area (Å²) in [6.07, 6.45) is -0.700. The van der Waals surface area contributed by atoms with Crippen molar-refractivity contribution in [1.29, 1.82) is 0 Å². The average Bonchev–Trinajstić information content (AvgIpc) is 2.18. The molecule has 0 aliphatic carbocycles. The Labute approximate surface area is 87.5 Å². The highest BCUT2D eigenvalue weighted by atomic mass is 35.5. The highest BCUT2D eigenvalue weighted by Gasteiger charge is 2.13. The van der Waals surface area contributed by atoms with Crippen molar-refractivity contribution in [1.82, 2.24) is 0 Å². The highest BCUT2D eigenvalue weighted by molar-refractivity contribution is 6.30. The molecule has 0 bridgehead atoms. The van der Waals surface area contributed by atoms with Crippen LogP contribution in [-0.4, -0.2) is 5.11 Å². The number of halogens is 2. The topological polar surface area (TPSA) is 20.2 Å². The Hall–Kier alpha value is -1.04. The van der Waals surface area contributed by atoms with Crippen LogP contribution in [0.3, 0.4) is 0 Å². The molecule has 1 aromatic carbocycles. The van der Waals surface area contributed by atoms with Gasteiger partial charge in [-0.3, -0.25) is 0 Å². The molecule has 0 saturated carbocycles. The Bertz CT molecular complexity index is 379. The van der Waals surface area contributed by atoms with Crippen LogP contribution in [0.2, 0.25) is 5.02 Å². The van der Waals surface area contributed by atoms with Crippen molar-refractivity contribution >= 4 is 11.6 Å². The lowest BCUT2D eigenvalue weighted by atomic mass is 10.1. The summed E-state index contributed by atoms with van der Waals surface area (Å²) in [5, 5.41) is 9.58. The fourth-order valence-electron chi connectivity index (χ4n) is 1.09. The Kier molecular flexibility index (Phi) is 3.94. The zero-order chi connectivity index (χ0) is 10.6. The van der Waals surface area contributed by atoms with Crippen molar-refractivity contribution < 1.29 is 9.50 Å². The summed E-state index contributed by atoms with van der Waals surface area (Å²) in [5.74, 6) is 4.75. The number of aliphatic hydroxyl groups is 1. The van der Waals surface area contributed by atoms with Gasteiger partial charge in [-0.15, -0.1) is 11.8 Å². The maximum atomic E-state index is 13.3. The second-order valence-electron chi connectivity index (χ2n) is 2.79. The minimum absolute atomic E-state index is 0.0195. The van der Waals surface area contributed by atoms with Crippen LogP contribution in [0.5, 0.6) is 0 Å². The number of rotatable bonds is 2. The number of aliphatic hydroxyl groups excluding tert-OH is 1. The monoisotopic (exact) mass is 212 g/mol. The third kappa shape index (κ3) is 2.47. The fraction of sp³-hybridized carbons (Fsp3) is 0.273. The van der Waals surface area contributed by atoms with Gasteiger partial charge >= 0.3 is 0 Å². The van der Waals surface area contributed by atoms with Crippen molar-refractivity contribution in [2.45, 2.75) is 19.4 Å². The molecule has 0 aliphatic heterocycles. The van der Waals surface area contributed by atoms with Gasteiger partial charge in [-0.2, -0.15) is 0 Å². The molecular weight excluding hydrogens is 203 g/mol. The first-order valence-corrected chi connectivity index (χ1v) is 4.56. The van der Waals surface area contributed by atoms with E-state index >= 15 is 0 Å². The van der Waals surface area contributed by atoms with E-state index in [9.17, 15) is 9.50 Å². The number of hydrogen-bond donors (Lipinski definition) is 1. The molecule has 1 atom stereocenters. The number of benzene rings is 1. The summed E-state index contributed by atoms with van der Waals surface area (Å²) in [5.41, 5.74) is 0.195. The van der Waals surface area contributed by atoms with Crippen LogP contribution >= 0.6 is 11.6 Å². The molecule has 3 heteroatoms. The highest BCUT2D eigenvalue weighted by Crippen LogP contribution is 2.24. The molecule has 1 unspecified atom stereocenters. The second-order valence-corrected chi connectivity index (χ2v) is 3.20. The van der Waals surface area contributed by atoms with E-state index in [0.29, 0.717) is 0 Å². The van der Waals surface area contributed by atoms with Gasteiger partial charge in [0.1, 0.15) is 5.82 Å². The summed E-state index contributed by atoms with van der Waals surface area (Å²) >= 11 is 5.57. The molecule has 1 N–H and O–H groups in total. The normalized spacial score (nSPS) is 11.7. The molecule has 0 aromatic heterocycles. The molecule has 74 valence electrons. The molecular formula is C11H10ClFO. The predicted molar refractivity (Wildman–Crippen MR) is 54.4 cm³/mol. The van der Waals surface area contributed by atoms with Gasteiger partial charge < -0.3 is 5.11 Å². The third-order valence-corrected chi connectivity index (χ3v) is 2.10. The lowest BCUT2D eigenvalue weighted by Gasteiger charge is -2.09. The fourth-order valence-corrected chi connectivity index (χ4v) is 1.27. The van der Waals surface area contributed by atoms with Crippen molar-refractivity contribution in [3.63, 3.8) is 0 Å². The standard InChI is InChI=1S/C11H10ClFO/c1-2-3-7-10(14)8-5-4-6-9(12)11(8)13/h4-6,10,14H,7H2,1H3. The van der Waals surface area contributed by atoms with Crippen LogP contribution in [0.25, 0.3) is 0 Å².